The summed E-state index contributed by atoms with van der Waals surface area (Å²) in [4.78, 5) is 27.6. The molecule has 0 aliphatic carbocycles. The van der Waals surface area contributed by atoms with Crippen molar-refractivity contribution in [3.05, 3.63) is 41.6 Å². The van der Waals surface area contributed by atoms with Crippen molar-refractivity contribution in [2.24, 2.45) is 5.92 Å². The first-order valence-electron chi connectivity index (χ1n) is 14.0. The molecule has 0 saturated carbocycles. The lowest BCUT2D eigenvalue weighted by Gasteiger charge is -2.26. The molecule has 1 fully saturated rings. The molecule has 1 atom stereocenters. The molecule has 1 unspecified atom stereocenters. The van der Waals surface area contributed by atoms with E-state index in [4.69, 9.17) is 15.1 Å². The van der Waals surface area contributed by atoms with Gasteiger partial charge in [-0.2, -0.15) is 5.10 Å². The number of amides is 1. The normalized spacial score (nSPS) is 15.3. The van der Waals surface area contributed by atoms with Crippen molar-refractivity contribution in [3.8, 4) is 5.69 Å². The maximum absolute atomic E-state index is 13.6. The van der Waals surface area contributed by atoms with Gasteiger partial charge in [-0.3, -0.25) is 4.79 Å². The molecular weight excluding hydrogens is 467 g/mol. The van der Waals surface area contributed by atoms with Crippen molar-refractivity contribution in [2.45, 2.75) is 79.1 Å². The molecule has 4 rings (SSSR count). The van der Waals surface area contributed by atoms with Gasteiger partial charge in [0.05, 0.1) is 16.8 Å². The Kier molecular flexibility index (Phi) is 9.11. The topological polar surface area (TPSA) is 67.2 Å². The molecule has 3 aromatic rings. The van der Waals surface area contributed by atoms with Gasteiger partial charge in [0.2, 0.25) is 5.91 Å². The number of unbranched alkanes of at least 4 members (excludes halogenated alkanes) is 2. The molecule has 1 saturated heterocycles. The minimum absolute atomic E-state index is 0.120. The van der Waals surface area contributed by atoms with E-state index < -0.39 is 0 Å². The van der Waals surface area contributed by atoms with Crippen LogP contribution in [0.4, 0.5) is 10.2 Å². The summed E-state index contributed by atoms with van der Waals surface area (Å²) >= 11 is 0. The fraction of sp³-hybridized carbons (Fsp3) is 0.586. The first-order chi connectivity index (χ1) is 18.0. The number of aromatic nitrogens is 4. The monoisotopic (exact) mass is 508 g/mol. The first-order valence-corrected chi connectivity index (χ1v) is 14.0. The van der Waals surface area contributed by atoms with Gasteiger partial charge in [0.15, 0.2) is 5.65 Å². The van der Waals surface area contributed by atoms with E-state index in [1.54, 1.807) is 16.8 Å². The van der Waals surface area contributed by atoms with Crippen LogP contribution < -0.4 is 4.90 Å². The van der Waals surface area contributed by atoms with Crippen LogP contribution in [0.1, 0.15) is 77.2 Å². The fourth-order valence-corrected chi connectivity index (χ4v) is 5.20. The smallest absolute Gasteiger partial charge is 0.225 e. The predicted octanol–water partition coefficient (Wildman–Crippen LogP) is 5.86. The summed E-state index contributed by atoms with van der Waals surface area (Å²) < 4.78 is 15.4. The van der Waals surface area contributed by atoms with Crippen molar-refractivity contribution in [1.29, 1.82) is 0 Å². The molecule has 7 nitrogen and oxygen atoms in total. The maximum Gasteiger partial charge on any atom is 0.225 e. The molecule has 1 aliphatic rings. The summed E-state index contributed by atoms with van der Waals surface area (Å²) in [5.41, 5.74) is 2.37. The Morgan fingerprint density at radius 3 is 2.46 bits per heavy atom. The van der Waals surface area contributed by atoms with E-state index in [-0.39, 0.29) is 11.7 Å². The van der Waals surface area contributed by atoms with Gasteiger partial charge in [0.1, 0.15) is 17.5 Å². The third kappa shape index (κ3) is 6.11. The third-order valence-corrected chi connectivity index (χ3v) is 7.41. The van der Waals surface area contributed by atoms with Gasteiger partial charge in [-0.1, -0.05) is 40.0 Å². The molecule has 200 valence electrons. The predicted molar refractivity (Wildman–Crippen MR) is 147 cm³/mol. The van der Waals surface area contributed by atoms with Gasteiger partial charge in [0, 0.05) is 38.5 Å². The van der Waals surface area contributed by atoms with E-state index in [2.05, 4.69) is 30.6 Å². The van der Waals surface area contributed by atoms with Crippen LogP contribution in [0.3, 0.4) is 0 Å². The van der Waals surface area contributed by atoms with E-state index >= 15 is 0 Å². The van der Waals surface area contributed by atoms with Crippen LogP contribution in [0.25, 0.3) is 16.7 Å². The van der Waals surface area contributed by atoms with Crippen LogP contribution in [0, 0.1) is 18.7 Å². The van der Waals surface area contributed by atoms with Gasteiger partial charge < -0.3 is 9.80 Å². The molecule has 37 heavy (non-hydrogen) atoms. The second-order valence-corrected chi connectivity index (χ2v) is 10.2. The number of fused-ring (bicyclic) bond motifs is 1. The number of carbonyl (C=O) groups excluding carboxylic acids is 1. The fourth-order valence-electron chi connectivity index (χ4n) is 5.20. The third-order valence-electron chi connectivity index (χ3n) is 7.41. The van der Waals surface area contributed by atoms with Crippen molar-refractivity contribution in [2.75, 3.05) is 31.1 Å². The summed E-state index contributed by atoms with van der Waals surface area (Å²) in [6.45, 7) is 11.5. The van der Waals surface area contributed by atoms with Crippen LogP contribution in [0.5, 0.6) is 0 Å². The van der Waals surface area contributed by atoms with Gasteiger partial charge in [-0.05, 0) is 56.9 Å². The minimum Gasteiger partial charge on any atom is -0.354 e. The number of carbonyl (C=O) groups is 1. The van der Waals surface area contributed by atoms with E-state index in [0.29, 0.717) is 12.5 Å². The average Bonchev–Trinajstić information content (AvgIpc) is 3.07. The number of benzene rings is 1. The lowest BCUT2D eigenvalue weighted by Crippen LogP contribution is -2.39. The zero-order valence-corrected chi connectivity index (χ0v) is 22.8. The molecule has 1 amide bonds. The standard InChI is InChI=1S/C29H41FN6O/c1-5-8-11-22(7-3)29(37)35-18-10-17-34(19-20-35)27-26-21(4)33-36(24-15-13-23(30)14-16-24)28(26)32-25(31-27)12-9-6-2/h13-16,22H,5-12,17-20H2,1-4H3. The summed E-state index contributed by atoms with van der Waals surface area (Å²) in [6.07, 6.45) is 7.85. The number of rotatable bonds is 10. The highest BCUT2D eigenvalue weighted by Crippen LogP contribution is 2.30. The molecule has 0 bridgehead atoms. The van der Waals surface area contributed by atoms with Crippen LogP contribution >= 0.6 is 0 Å². The average molecular weight is 509 g/mol. The summed E-state index contributed by atoms with van der Waals surface area (Å²) in [5.74, 6) is 1.84. The quantitative estimate of drug-likeness (QED) is 0.343. The van der Waals surface area contributed by atoms with Crippen LogP contribution in [0.15, 0.2) is 24.3 Å². The molecule has 2 aromatic heterocycles. The number of aryl methyl sites for hydroxylation is 2. The highest BCUT2D eigenvalue weighted by Gasteiger charge is 2.27. The van der Waals surface area contributed by atoms with Crippen molar-refractivity contribution < 1.29 is 9.18 Å². The SMILES string of the molecule is CCCCc1nc(N2CCCN(C(=O)C(CC)CCCC)CC2)c2c(C)nn(-c3ccc(F)cc3)c2n1. The van der Waals surface area contributed by atoms with Gasteiger partial charge in [-0.25, -0.2) is 19.0 Å². The molecule has 1 aromatic carbocycles. The second kappa shape index (κ2) is 12.5. The first kappa shape index (κ1) is 27.0. The summed E-state index contributed by atoms with van der Waals surface area (Å²) in [7, 11) is 0. The van der Waals surface area contributed by atoms with Crippen LogP contribution in [-0.4, -0.2) is 56.7 Å². The van der Waals surface area contributed by atoms with Crippen molar-refractivity contribution in [1.82, 2.24) is 24.6 Å². The Balaban J connectivity index is 1.67. The molecule has 1 aliphatic heterocycles. The Bertz CT molecular complexity index is 1190. The van der Waals surface area contributed by atoms with E-state index in [1.807, 2.05) is 6.92 Å². The Labute approximate surface area is 220 Å². The number of hydrogen-bond acceptors (Lipinski definition) is 5. The maximum atomic E-state index is 13.6. The molecule has 3 heterocycles. The zero-order valence-electron chi connectivity index (χ0n) is 22.8. The minimum atomic E-state index is -0.278. The Morgan fingerprint density at radius 1 is 1.00 bits per heavy atom. The second-order valence-electron chi connectivity index (χ2n) is 10.2. The lowest BCUT2D eigenvalue weighted by atomic mass is 9.97. The highest BCUT2D eigenvalue weighted by molar-refractivity contribution is 5.91. The largest absolute Gasteiger partial charge is 0.354 e. The molecular formula is C29H41FN6O. The van der Waals surface area contributed by atoms with E-state index in [1.165, 1.54) is 12.1 Å². The van der Waals surface area contributed by atoms with Crippen molar-refractivity contribution in [3.63, 3.8) is 0 Å². The number of nitrogens with zero attached hydrogens (tertiary/aromatic N) is 6. The van der Waals surface area contributed by atoms with Crippen LogP contribution in [0.2, 0.25) is 0 Å². The zero-order chi connectivity index (χ0) is 26.4. The molecule has 0 spiro atoms. The van der Waals surface area contributed by atoms with Gasteiger partial charge in [-0.15, -0.1) is 0 Å². The van der Waals surface area contributed by atoms with Gasteiger partial charge in [0.25, 0.3) is 0 Å². The Hall–Kier alpha value is -3.03. The number of hydrogen-bond donors (Lipinski definition) is 0. The van der Waals surface area contributed by atoms with E-state index in [9.17, 15) is 9.18 Å². The highest BCUT2D eigenvalue weighted by atomic mass is 19.1. The molecule has 0 N–H and O–H groups in total. The van der Waals surface area contributed by atoms with Crippen LogP contribution in [-0.2, 0) is 11.2 Å². The summed E-state index contributed by atoms with van der Waals surface area (Å²) in [5, 5.41) is 5.73. The summed E-state index contributed by atoms with van der Waals surface area (Å²) in [6, 6.07) is 6.35. The van der Waals surface area contributed by atoms with Gasteiger partial charge >= 0.3 is 0 Å². The molecule has 8 heteroatoms. The van der Waals surface area contributed by atoms with E-state index in [0.717, 1.165) is 105 Å². The molecule has 0 radical (unpaired) electrons. The number of anilines is 1. The van der Waals surface area contributed by atoms with Crippen molar-refractivity contribution >= 4 is 22.8 Å². The Morgan fingerprint density at radius 2 is 1.76 bits per heavy atom. The lowest BCUT2D eigenvalue weighted by molar-refractivity contribution is -0.135. The number of halogens is 1.